The van der Waals surface area contributed by atoms with Gasteiger partial charge in [0.2, 0.25) is 5.95 Å². The van der Waals surface area contributed by atoms with E-state index in [0.29, 0.717) is 0 Å². The minimum Gasteiger partial charge on any atom is -0.497 e. The largest absolute Gasteiger partial charge is 0.497 e. The maximum absolute atomic E-state index is 5.56. The molecule has 2 aromatic rings. The van der Waals surface area contributed by atoms with Crippen LogP contribution in [0, 0.1) is 13.8 Å². The highest BCUT2D eigenvalue weighted by Crippen LogP contribution is 2.36. The zero-order valence-electron chi connectivity index (χ0n) is 16.2. The molecule has 0 amide bonds. The fraction of sp³-hybridized carbons (Fsp3) is 0.500. The van der Waals surface area contributed by atoms with Crippen molar-refractivity contribution in [2.24, 2.45) is 0 Å². The molecule has 0 aliphatic carbocycles. The van der Waals surface area contributed by atoms with Crippen LogP contribution in [0.1, 0.15) is 38.1 Å². The summed E-state index contributed by atoms with van der Waals surface area (Å²) >= 11 is 0. The average molecular weight is 343 g/mol. The molecule has 0 saturated heterocycles. The molecule has 0 radical (unpaired) electrons. The third-order valence-corrected chi connectivity index (χ3v) is 4.21. The van der Waals surface area contributed by atoms with Gasteiger partial charge in [-0.1, -0.05) is 13.8 Å². The third-order valence-electron chi connectivity index (χ3n) is 4.21. The summed E-state index contributed by atoms with van der Waals surface area (Å²) in [5.41, 5.74) is 3.94. The molecule has 0 fully saturated rings. The van der Waals surface area contributed by atoms with Crippen molar-refractivity contribution < 1.29 is 9.47 Å². The van der Waals surface area contributed by atoms with Crippen LogP contribution < -0.4 is 14.4 Å². The van der Waals surface area contributed by atoms with Gasteiger partial charge in [-0.25, -0.2) is 9.97 Å². The molecule has 0 spiro atoms. The first kappa shape index (κ1) is 19.0. The topological polar surface area (TPSA) is 47.5 Å². The number of ether oxygens (including phenoxy) is 2. The van der Waals surface area contributed by atoms with E-state index in [-0.39, 0.29) is 0 Å². The molecular formula is C20H29N3O2. The first-order valence-electron chi connectivity index (χ1n) is 8.88. The van der Waals surface area contributed by atoms with Crippen LogP contribution in [0.25, 0.3) is 11.1 Å². The lowest BCUT2D eigenvalue weighted by atomic mass is 10.0. The second-order valence-corrected chi connectivity index (χ2v) is 6.12. The summed E-state index contributed by atoms with van der Waals surface area (Å²) in [4.78, 5) is 11.8. The molecule has 2 rings (SSSR count). The monoisotopic (exact) mass is 343 g/mol. The second kappa shape index (κ2) is 8.70. The molecule has 1 aromatic heterocycles. The van der Waals surface area contributed by atoms with Crippen LogP contribution in [0.3, 0.4) is 0 Å². The number of hydrogen-bond acceptors (Lipinski definition) is 5. The van der Waals surface area contributed by atoms with Crippen LogP contribution in [0.4, 0.5) is 5.95 Å². The summed E-state index contributed by atoms with van der Waals surface area (Å²) in [5, 5.41) is 0. The summed E-state index contributed by atoms with van der Waals surface area (Å²) in [6.45, 7) is 10.4. The van der Waals surface area contributed by atoms with Gasteiger partial charge in [-0.15, -0.1) is 0 Å². The van der Waals surface area contributed by atoms with Gasteiger partial charge >= 0.3 is 0 Å². The lowest BCUT2D eigenvalue weighted by Gasteiger charge is -2.23. The van der Waals surface area contributed by atoms with E-state index in [2.05, 4.69) is 18.7 Å². The van der Waals surface area contributed by atoms with Gasteiger partial charge in [0, 0.05) is 30.3 Å². The van der Waals surface area contributed by atoms with E-state index in [9.17, 15) is 0 Å². The molecule has 0 bridgehead atoms. The van der Waals surface area contributed by atoms with Crippen molar-refractivity contribution in [3.05, 3.63) is 29.6 Å². The van der Waals surface area contributed by atoms with Gasteiger partial charge in [-0.2, -0.15) is 0 Å². The maximum Gasteiger partial charge on any atom is 0.225 e. The van der Waals surface area contributed by atoms with E-state index >= 15 is 0 Å². The lowest BCUT2D eigenvalue weighted by molar-refractivity contribution is 0.395. The summed E-state index contributed by atoms with van der Waals surface area (Å²) in [6.07, 6.45) is 2.16. The molecule has 0 aliphatic rings. The van der Waals surface area contributed by atoms with Gasteiger partial charge in [-0.05, 0) is 38.8 Å². The Labute approximate surface area is 151 Å². The number of aryl methyl sites for hydroxylation is 2. The Morgan fingerprint density at radius 2 is 1.52 bits per heavy atom. The summed E-state index contributed by atoms with van der Waals surface area (Å²) in [7, 11) is 3.32. The zero-order valence-corrected chi connectivity index (χ0v) is 16.2. The SMILES string of the molecule is CCCN(CCC)c1nc(C)c(-c2ccc(OC)cc2OC)c(C)n1. The summed E-state index contributed by atoms with van der Waals surface area (Å²) in [5.74, 6) is 2.35. The van der Waals surface area contributed by atoms with Crippen LogP contribution in [-0.4, -0.2) is 37.3 Å². The fourth-order valence-corrected chi connectivity index (χ4v) is 3.09. The molecule has 5 heteroatoms. The third kappa shape index (κ3) is 4.21. The molecule has 5 nitrogen and oxygen atoms in total. The average Bonchev–Trinajstić information content (AvgIpc) is 2.61. The number of nitrogens with zero attached hydrogens (tertiary/aromatic N) is 3. The Balaban J connectivity index is 2.50. The van der Waals surface area contributed by atoms with Crippen LogP contribution in [-0.2, 0) is 0 Å². The number of rotatable bonds is 8. The Kier molecular flexibility index (Phi) is 6.62. The van der Waals surface area contributed by atoms with Gasteiger partial charge < -0.3 is 14.4 Å². The minimum atomic E-state index is 0.765. The molecule has 136 valence electrons. The van der Waals surface area contributed by atoms with E-state index in [4.69, 9.17) is 19.4 Å². The molecule has 0 atom stereocenters. The normalized spacial score (nSPS) is 10.6. The quantitative estimate of drug-likeness (QED) is 0.711. The van der Waals surface area contributed by atoms with Crippen molar-refractivity contribution in [3.8, 4) is 22.6 Å². The van der Waals surface area contributed by atoms with Crippen molar-refractivity contribution in [1.29, 1.82) is 0 Å². The van der Waals surface area contributed by atoms with Gasteiger partial charge in [0.25, 0.3) is 0 Å². The van der Waals surface area contributed by atoms with Crippen molar-refractivity contribution in [3.63, 3.8) is 0 Å². The van der Waals surface area contributed by atoms with E-state index in [1.54, 1.807) is 14.2 Å². The van der Waals surface area contributed by atoms with Crippen LogP contribution in [0.15, 0.2) is 18.2 Å². The van der Waals surface area contributed by atoms with Crippen LogP contribution in [0.2, 0.25) is 0 Å². The highest BCUT2D eigenvalue weighted by Gasteiger charge is 2.17. The molecule has 0 unspecified atom stereocenters. The van der Waals surface area contributed by atoms with Crippen molar-refractivity contribution in [1.82, 2.24) is 9.97 Å². The second-order valence-electron chi connectivity index (χ2n) is 6.12. The molecule has 0 N–H and O–H groups in total. The number of hydrogen-bond donors (Lipinski definition) is 0. The Morgan fingerprint density at radius 3 is 2.00 bits per heavy atom. The number of benzene rings is 1. The molecular weight excluding hydrogens is 314 g/mol. The predicted molar refractivity (Wildman–Crippen MR) is 103 cm³/mol. The Hall–Kier alpha value is -2.30. The van der Waals surface area contributed by atoms with Gasteiger partial charge in [0.05, 0.1) is 25.6 Å². The standard InChI is InChI=1S/C20H29N3O2/c1-7-11-23(12-8-2)20-21-14(3)19(15(4)22-20)17-10-9-16(24-5)13-18(17)25-6/h9-10,13H,7-8,11-12H2,1-6H3. The molecule has 25 heavy (non-hydrogen) atoms. The molecule has 1 aromatic carbocycles. The summed E-state index contributed by atoms with van der Waals surface area (Å²) < 4.78 is 10.9. The number of aromatic nitrogens is 2. The smallest absolute Gasteiger partial charge is 0.225 e. The lowest BCUT2D eigenvalue weighted by Crippen LogP contribution is -2.27. The molecule has 1 heterocycles. The van der Waals surface area contributed by atoms with E-state index in [1.165, 1.54) is 0 Å². The predicted octanol–water partition coefficient (Wildman–Crippen LogP) is 4.40. The molecule has 0 aliphatic heterocycles. The minimum absolute atomic E-state index is 0.765. The van der Waals surface area contributed by atoms with Crippen molar-refractivity contribution in [2.75, 3.05) is 32.2 Å². The maximum atomic E-state index is 5.56. The van der Waals surface area contributed by atoms with Crippen molar-refractivity contribution >= 4 is 5.95 Å². The fourth-order valence-electron chi connectivity index (χ4n) is 3.09. The van der Waals surface area contributed by atoms with Gasteiger partial charge in [-0.3, -0.25) is 0 Å². The van der Waals surface area contributed by atoms with Crippen LogP contribution >= 0.6 is 0 Å². The first-order valence-corrected chi connectivity index (χ1v) is 8.88. The Bertz CT molecular complexity index is 687. The first-order chi connectivity index (χ1) is 12.0. The zero-order chi connectivity index (χ0) is 18.4. The van der Waals surface area contributed by atoms with Crippen molar-refractivity contribution in [2.45, 2.75) is 40.5 Å². The Morgan fingerprint density at radius 1 is 0.920 bits per heavy atom. The number of methoxy groups -OCH3 is 2. The summed E-state index contributed by atoms with van der Waals surface area (Å²) in [6, 6.07) is 5.83. The highest BCUT2D eigenvalue weighted by molar-refractivity contribution is 5.75. The van der Waals surface area contributed by atoms with Gasteiger partial charge in [0.15, 0.2) is 0 Å². The van der Waals surface area contributed by atoms with E-state index < -0.39 is 0 Å². The molecule has 0 saturated carbocycles. The van der Waals surface area contributed by atoms with Crippen LogP contribution in [0.5, 0.6) is 11.5 Å². The van der Waals surface area contributed by atoms with E-state index in [1.807, 2.05) is 32.0 Å². The highest BCUT2D eigenvalue weighted by atomic mass is 16.5. The number of anilines is 1. The van der Waals surface area contributed by atoms with Gasteiger partial charge in [0.1, 0.15) is 11.5 Å². The van der Waals surface area contributed by atoms with E-state index in [0.717, 1.165) is 65.9 Å².